The Hall–Kier alpha value is -3.06. The van der Waals surface area contributed by atoms with Crippen LogP contribution in [-0.2, 0) is 11.3 Å². The van der Waals surface area contributed by atoms with E-state index >= 15 is 0 Å². The summed E-state index contributed by atoms with van der Waals surface area (Å²) in [5.74, 6) is -0.264. The van der Waals surface area contributed by atoms with Gasteiger partial charge in [0.05, 0.1) is 30.1 Å². The number of hydrogen-bond donors (Lipinski definition) is 0. The summed E-state index contributed by atoms with van der Waals surface area (Å²) in [7, 11) is 1.57. The number of carbonyl (C=O) groups excluding carboxylic acids is 1. The molecule has 1 aromatic heterocycles. The van der Waals surface area contributed by atoms with Crippen molar-refractivity contribution < 1.29 is 13.9 Å². The van der Waals surface area contributed by atoms with E-state index in [9.17, 15) is 14.0 Å². The van der Waals surface area contributed by atoms with E-state index in [1.54, 1.807) is 40.8 Å². The van der Waals surface area contributed by atoms with Gasteiger partial charge in [-0.3, -0.25) is 14.2 Å². The highest BCUT2D eigenvalue weighted by Gasteiger charge is 2.28. The number of amides is 1. The number of nitrogens with zero attached hydrogens (tertiary/aromatic N) is 3. The minimum atomic E-state index is -0.467. The van der Waals surface area contributed by atoms with Crippen LogP contribution in [0.25, 0.3) is 10.9 Å². The third-order valence-corrected chi connectivity index (χ3v) is 5.14. The molecule has 3 aromatic rings. The highest BCUT2D eigenvalue weighted by molar-refractivity contribution is 5.94. The van der Waals surface area contributed by atoms with Gasteiger partial charge in [-0.2, -0.15) is 0 Å². The van der Waals surface area contributed by atoms with Crippen LogP contribution in [0.5, 0.6) is 0 Å². The molecule has 0 saturated heterocycles. The summed E-state index contributed by atoms with van der Waals surface area (Å²) in [6.45, 7) is 4.85. The van der Waals surface area contributed by atoms with Crippen LogP contribution in [0.15, 0.2) is 53.3 Å². The number of halogens is 1. The normalized spacial score (nSPS) is 12.1. The SMILES string of the molecule is CCC(c1nc2ccccc2c(=O)n1CCOC)N(CC)C(=O)c1cccc(F)c1. The van der Waals surface area contributed by atoms with Crippen LogP contribution >= 0.6 is 0 Å². The average Bonchev–Trinajstić information content (AvgIpc) is 2.76. The lowest BCUT2D eigenvalue weighted by Crippen LogP contribution is -2.39. The maximum Gasteiger partial charge on any atom is 0.261 e. The fourth-order valence-corrected chi connectivity index (χ4v) is 3.67. The molecule has 0 spiro atoms. The second kappa shape index (κ2) is 9.63. The summed E-state index contributed by atoms with van der Waals surface area (Å²) in [4.78, 5) is 32.8. The zero-order valence-corrected chi connectivity index (χ0v) is 17.5. The quantitative estimate of drug-likeness (QED) is 0.566. The maximum atomic E-state index is 13.7. The minimum absolute atomic E-state index is 0.166. The van der Waals surface area contributed by atoms with E-state index < -0.39 is 11.9 Å². The molecule has 0 aliphatic heterocycles. The van der Waals surface area contributed by atoms with E-state index in [1.165, 1.54) is 18.2 Å². The van der Waals surface area contributed by atoms with Gasteiger partial charge in [-0.25, -0.2) is 9.37 Å². The summed E-state index contributed by atoms with van der Waals surface area (Å²) in [6, 6.07) is 12.4. The number of hydrogen-bond acceptors (Lipinski definition) is 4. The Bertz CT molecular complexity index is 1100. The summed E-state index contributed by atoms with van der Waals surface area (Å²) in [6.07, 6.45) is 0.548. The molecule has 0 radical (unpaired) electrons. The molecule has 3 rings (SSSR count). The smallest absolute Gasteiger partial charge is 0.261 e. The molecule has 0 fully saturated rings. The largest absolute Gasteiger partial charge is 0.383 e. The van der Waals surface area contributed by atoms with Crippen molar-refractivity contribution >= 4 is 16.8 Å². The topological polar surface area (TPSA) is 64.4 Å². The van der Waals surface area contributed by atoms with Crippen LogP contribution in [0.3, 0.4) is 0 Å². The molecule has 1 amide bonds. The van der Waals surface area contributed by atoms with E-state index in [0.29, 0.717) is 42.8 Å². The van der Waals surface area contributed by atoms with Gasteiger partial charge in [-0.05, 0) is 43.7 Å². The summed E-state index contributed by atoms with van der Waals surface area (Å²) in [5, 5.41) is 0.520. The Morgan fingerprint density at radius 2 is 1.97 bits per heavy atom. The molecule has 30 heavy (non-hydrogen) atoms. The maximum absolute atomic E-state index is 13.7. The molecule has 1 unspecified atom stereocenters. The molecule has 6 nitrogen and oxygen atoms in total. The van der Waals surface area contributed by atoms with Gasteiger partial charge in [0, 0.05) is 19.2 Å². The molecule has 7 heteroatoms. The summed E-state index contributed by atoms with van der Waals surface area (Å²) >= 11 is 0. The molecular weight excluding hydrogens is 385 g/mol. The lowest BCUT2D eigenvalue weighted by atomic mass is 10.1. The zero-order valence-electron chi connectivity index (χ0n) is 17.5. The fraction of sp³-hybridized carbons (Fsp3) is 0.348. The number of carbonyl (C=O) groups is 1. The van der Waals surface area contributed by atoms with Crippen LogP contribution in [0.2, 0.25) is 0 Å². The van der Waals surface area contributed by atoms with Crippen molar-refractivity contribution in [1.82, 2.24) is 14.5 Å². The molecule has 0 saturated carbocycles. The second-order valence-corrected chi connectivity index (χ2v) is 6.96. The standard InChI is InChI=1S/C23H26FN3O3/c1-4-20(26(5-2)22(28)16-9-8-10-17(24)15-16)21-25-19-12-7-6-11-18(19)23(29)27(21)13-14-30-3/h6-12,15,20H,4-5,13-14H2,1-3H3. The molecule has 158 valence electrons. The van der Waals surface area contributed by atoms with Crippen LogP contribution in [0.4, 0.5) is 4.39 Å². The number of methoxy groups -OCH3 is 1. The van der Waals surface area contributed by atoms with E-state index in [1.807, 2.05) is 19.9 Å². The Kier molecular flexibility index (Phi) is 6.95. The van der Waals surface area contributed by atoms with Crippen molar-refractivity contribution in [3.8, 4) is 0 Å². The molecule has 0 aliphatic carbocycles. The Balaban J connectivity index is 2.14. The van der Waals surface area contributed by atoms with Crippen molar-refractivity contribution in [2.24, 2.45) is 0 Å². The van der Waals surface area contributed by atoms with Crippen molar-refractivity contribution in [1.29, 1.82) is 0 Å². The number of para-hydroxylation sites is 1. The van der Waals surface area contributed by atoms with Gasteiger partial charge in [-0.1, -0.05) is 25.1 Å². The number of rotatable bonds is 8. The predicted octanol–water partition coefficient (Wildman–Crippen LogP) is 3.80. The highest BCUT2D eigenvalue weighted by atomic mass is 19.1. The minimum Gasteiger partial charge on any atom is -0.383 e. The van der Waals surface area contributed by atoms with Gasteiger partial charge in [0.2, 0.25) is 0 Å². The third-order valence-electron chi connectivity index (χ3n) is 5.14. The number of benzene rings is 2. The van der Waals surface area contributed by atoms with E-state index in [-0.39, 0.29) is 17.0 Å². The molecule has 0 N–H and O–H groups in total. The number of ether oxygens (including phenoxy) is 1. The van der Waals surface area contributed by atoms with Crippen molar-refractivity contribution in [2.75, 3.05) is 20.3 Å². The van der Waals surface area contributed by atoms with Gasteiger partial charge in [0.25, 0.3) is 11.5 Å². The van der Waals surface area contributed by atoms with Crippen molar-refractivity contribution in [3.63, 3.8) is 0 Å². The number of fused-ring (bicyclic) bond motifs is 1. The first-order valence-corrected chi connectivity index (χ1v) is 10.1. The van der Waals surface area contributed by atoms with Gasteiger partial charge in [0.15, 0.2) is 0 Å². The molecular formula is C23H26FN3O3. The van der Waals surface area contributed by atoms with Crippen LogP contribution in [-0.4, -0.2) is 40.6 Å². The van der Waals surface area contributed by atoms with Gasteiger partial charge in [-0.15, -0.1) is 0 Å². The van der Waals surface area contributed by atoms with Gasteiger partial charge in [0.1, 0.15) is 11.6 Å². The number of aromatic nitrogens is 2. The molecule has 1 heterocycles. The lowest BCUT2D eigenvalue weighted by molar-refractivity contribution is 0.0667. The Morgan fingerprint density at radius 3 is 2.63 bits per heavy atom. The average molecular weight is 411 g/mol. The first-order chi connectivity index (χ1) is 14.5. The van der Waals surface area contributed by atoms with Crippen LogP contribution in [0.1, 0.15) is 42.5 Å². The zero-order chi connectivity index (χ0) is 21.7. The predicted molar refractivity (Wildman–Crippen MR) is 114 cm³/mol. The van der Waals surface area contributed by atoms with Crippen LogP contribution in [0, 0.1) is 5.82 Å². The molecule has 1 atom stereocenters. The first kappa shape index (κ1) is 21.6. The van der Waals surface area contributed by atoms with E-state index in [0.717, 1.165) is 0 Å². The van der Waals surface area contributed by atoms with E-state index in [4.69, 9.17) is 9.72 Å². The molecule has 0 aliphatic rings. The summed E-state index contributed by atoms with van der Waals surface area (Å²) < 4.78 is 20.5. The Labute approximate surface area is 174 Å². The van der Waals surface area contributed by atoms with Gasteiger partial charge < -0.3 is 9.64 Å². The fourth-order valence-electron chi connectivity index (χ4n) is 3.67. The molecule has 0 bridgehead atoms. The van der Waals surface area contributed by atoms with Crippen LogP contribution < -0.4 is 5.56 Å². The molecule has 2 aromatic carbocycles. The monoisotopic (exact) mass is 411 g/mol. The highest BCUT2D eigenvalue weighted by Crippen LogP contribution is 2.25. The first-order valence-electron chi connectivity index (χ1n) is 10.1. The summed E-state index contributed by atoms with van der Waals surface area (Å²) in [5.41, 5.74) is 0.682. The lowest BCUT2D eigenvalue weighted by Gasteiger charge is -2.31. The Morgan fingerprint density at radius 1 is 1.20 bits per heavy atom. The third kappa shape index (κ3) is 4.26. The second-order valence-electron chi connectivity index (χ2n) is 6.96. The van der Waals surface area contributed by atoms with E-state index in [2.05, 4.69) is 0 Å². The van der Waals surface area contributed by atoms with Crippen molar-refractivity contribution in [3.05, 3.63) is 76.1 Å². The van der Waals surface area contributed by atoms with Crippen molar-refractivity contribution in [2.45, 2.75) is 32.9 Å². The van der Waals surface area contributed by atoms with Gasteiger partial charge >= 0.3 is 0 Å².